The monoisotopic (exact) mass is 350 g/mol. The summed E-state index contributed by atoms with van der Waals surface area (Å²) in [4.78, 5) is 4.06. The van der Waals surface area contributed by atoms with Crippen molar-refractivity contribution >= 4 is 0 Å². The minimum atomic E-state index is -3.12. The molecule has 130 valence electrons. The highest BCUT2D eigenvalue weighted by Gasteiger charge is 2.12. The van der Waals surface area contributed by atoms with Crippen LogP contribution in [-0.2, 0) is 6.61 Å². The van der Waals surface area contributed by atoms with Crippen LogP contribution in [-0.4, -0.2) is 26.6 Å². The molecule has 6 nitrogen and oxygen atoms in total. The number of ether oxygens (including phenoxy) is 2. The molecule has 1 aromatic carbocycles. The fourth-order valence-electron chi connectivity index (χ4n) is 2.05. The van der Waals surface area contributed by atoms with Gasteiger partial charge >= 0.3 is 6.61 Å². The average molecular weight is 350 g/mol. The third-order valence-corrected chi connectivity index (χ3v) is 3.19. The highest BCUT2D eigenvalue weighted by atomic mass is 19.3. The first-order valence-corrected chi connectivity index (χ1v) is 7.22. The number of pyridine rings is 1. The molecule has 25 heavy (non-hydrogen) atoms. The van der Waals surface area contributed by atoms with Crippen molar-refractivity contribution in [3.8, 4) is 17.3 Å². The highest BCUT2D eigenvalue weighted by Crippen LogP contribution is 2.22. The lowest BCUT2D eigenvalue weighted by Gasteiger charge is -2.07. The Kier molecular flexibility index (Phi) is 4.82. The van der Waals surface area contributed by atoms with E-state index in [2.05, 4.69) is 20.0 Å². The molecule has 9 heteroatoms. The van der Waals surface area contributed by atoms with Crippen LogP contribution < -0.4 is 9.47 Å². The van der Waals surface area contributed by atoms with Gasteiger partial charge in [0.25, 0.3) is 0 Å². The summed E-state index contributed by atoms with van der Waals surface area (Å²) in [7, 11) is 0. The van der Waals surface area contributed by atoms with E-state index in [4.69, 9.17) is 4.74 Å². The van der Waals surface area contributed by atoms with Crippen molar-refractivity contribution in [1.82, 2.24) is 20.0 Å². The summed E-state index contributed by atoms with van der Waals surface area (Å²) in [6.45, 7) is -1.08. The van der Waals surface area contributed by atoms with Crippen molar-refractivity contribution in [3.63, 3.8) is 0 Å². The molecule has 0 aliphatic heterocycles. The van der Waals surface area contributed by atoms with Crippen LogP contribution in [0, 0.1) is 12.7 Å². The first-order chi connectivity index (χ1) is 12.0. The van der Waals surface area contributed by atoms with Crippen LogP contribution in [0.5, 0.6) is 11.6 Å². The molecule has 0 N–H and O–H groups in total. The van der Waals surface area contributed by atoms with E-state index in [9.17, 15) is 13.2 Å². The van der Waals surface area contributed by atoms with Crippen molar-refractivity contribution in [1.29, 1.82) is 0 Å². The second-order valence-electron chi connectivity index (χ2n) is 5.11. The topological polar surface area (TPSA) is 62.1 Å². The van der Waals surface area contributed by atoms with E-state index in [1.165, 1.54) is 16.9 Å². The number of aromatic nitrogens is 4. The van der Waals surface area contributed by atoms with Crippen LogP contribution in [0.1, 0.15) is 11.3 Å². The van der Waals surface area contributed by atoms with Crippen molar-refractivity contribution in [2.75, 3.05) is 0 Å². The minimum Gasteiger partial charge on any atom is -0.471 e. The molecule has 0 aliphatic rings. The van der Waals surface area contributed by atoms with Gasteiger partial charge in [-0.25, -0.2) is 14.1 Å². The summed E-state index contributed by atoms with van der Waals surface area (Å²) in [6, 6.07) is 7.12. The molecule has 0 atom stereocenters. The normalized spacial score (nSPS) is 10.9. The number of halogens is 3. The molecule has 0 amide bonds. The van der Waals surface area contributed by atoms with Crippen molar-refractivity contribution in [3.05, 3.63) is 59.8 Å². The van der Waals surface area contributed by atoms with Gasteiger partial charge in [0.1, 0.15) is 12.3 Å². The number of rotatable bonds is 6. The Morgan fingerprint density at radius 1 is 1.20 bits per heavy atom. The summed E-state index contributed by atoms with van der Waals surface area (Å²) in [5.41, 5.74) is 1.82. The summed E-state index contributed by atoms with van der Waals surface area (Å²) in [6.07, 6.45) is 3.17. The van der Waals surface area contributed by atoms with Gasteiger partial charge in [0.2, 0.25) is 5.88 Å². The molecule has 0 aliphatic carbocycles. The zero-order chi connectivity index (χ0) is 17.8. The summed E-state index contributed by atoms with van der Waals surface area (Å²) in [5, 5.41) is 7.79. The van der Waals surface area contributed by atoms with Crippen LogP contribution in [0.15, 0.2) is 42.7 Å². The van der Waals surface area contributed by atoms with Gasteiger partial charge in [0.15, 0.2) is 11.6 Å². The lowest BCUT2D eigenvalue weighted by atomic mass is 10.3. The molecular weight excluding hydrogens is 337 g/mol. The maximum Gasteiger partial charge on any atom is 0.387 e. The standard InChI is InChI=1S/C16H13F3N4O2/c1-10-4-5-20-15(6-10)24-9-11-8-23(22-21-11)12-2-3-13(17)14(7-12)25-16(18)19/h2-8,16H,9H2,1H3. The number of benzene rings is 1. The van der Waals surface area contributed by atoms with Crippen LogP contribution in [0.25, 0.3) is 5.69 Å². The Morgan fingerprint density at radius 2 is 2.04 bits per heavy atom. The van der Waals surface area contributed by atoms with Gasteiger partial charge in [-0.2, -0.15) is 8.78 Å². The quantitative estimate of drug-likeness (QED) is 0.683. The van der Waals surface area contributed by atoms with Crippen molar-refractivity contribution < 1.29 is 22.6 Å². The van der Waals surface area contributed by atoms with E-state index in [1.54, 1.807) is 12.3 Å². The van der Waals surface area contributed by atoms with Crippen LogP contribution >= 0.6 is 0 Å². The fourth-order valence-corrected chi connectivity index (χ4v) is 2.05. The molecule has 3 aromatic rings. The van der Waals surface area contributed by atoms with E-state index in [-0.39, 0.29) is 6.61 Å². The van der Waals surface area contributed by atoms with Crippen molar-refractivity contribution in [2.45, 2.75) is 20.1 Å². The van der Waals surface area contributed by atoms with Crippen molar-refractivity contribution in [2.24, 2.45) is 0 Å². The maximum absolute atomic E-state index is 13.5. The average Bonchev–Trinajstić information content (AvgIpc) is 3.04. The van der Waals surface area contributed by atoms with E-state index in [0.717, 1.165) is 17.7 Å². The van der Waals surface area contributed by atoms with E-state index < -0.39 is 18.2 Å². The lowest BCUT2D eigenvalue weighted by Crippen LogP contribution is -2.05. The van der Waals surface area contributed by atoms with E-state index in [1.807, 2.05) is 13.0 Å². The zero-order valence-corrected chi connectivity index (χ0v) is 13.1. The Hall–Kier alpha value is -3.10. The second kappa shape index (κ2) is 7.20. The number of aryl methyl sites for hydroxylation is 1. The van der Waals surface area contributed by atoms with Gasteiger partial charge in [-0.1, -0.05) is 5.21 Å². The number of alkyl halides is 2. The number of hydrogen-bond acceptors (Lipinski definition) is 5. The van der Waals surface area contributed by atoms with Gasteiger partial charge in [-0.05, 0) is 30.7 Å². The summed E-state index contributed by atoms with van der Waals surface area (Å²) >= 11 is 0. The number of nitrogens with zero attached hydrogens (tertiary/aromatic N) is 4. The largest absolute Gasteiger partial charge is 0.471 e. The number of hydrogen-bond donors (Lipinski definition) is 0. The van der Waals surface area contributed by atoms with Gasteiger partial charge in [-0.3, -0.25) is 0 Å². The first-order valence-electron chi connectivity index (χ1n) is 7.22. The molecular formula is C16H13F3N4O2. The van der Waals surface area contributed by atoms with Crippen LogP contribution in [0.4, 0.5) is 13.2 Å². The maximum atomic E-state index is 13.5. The summed E-state index contributed by atoms with van der Waals surface area (Å²) in [5.74, 6) is -1.01. The molecule has 0 unspecified atom stereocenters. The lowest BCUT2D eigenvalue weighted by molar-refractivity contribution is -0.0521. The fraction of sp³-hybridized carbons (Fsp3) is 0.188. The Labute approximate surface area is 140 Å². The molecule has 2 heterocycles. The predicted molar refractivity (Wildman–Crippen MR) is 81.3 cm³/mol. The highest BCUT2D eigenvalue weighted by molar-refractivity contribution is 5.39. The van der Waals surface area contributed by atoms with E-state index in [0.29, 0.717) is 17.3 Å². The zero-order valence-electron chi connectivity index (χ0n) is 13.1. The van der Waals surface area contributed by atoms with Gasteiger partial charge in [0, 0.05) is 18.3 Å². The van der Waals surface area contributed by atoms with Gasteiger partial charge < -0.3 is 9.47 Å². The van der Waals surface area contributed by atoms with Crippen LogP contribution in [0.2, 0.25) is 0 Å². The Morgan fingerprint density at radius 3 is 2.80 bits per heavy atom. The predicted octanol–water partition coefficient (Wildman–Crippen LogP) is 3.29. The molecule has 0 saturated carbocycles. The van der Waals surface area contributed by atoms with Crippen LogP contribution in [0.3, 0.4) is 0 Å². The second-order valence-corrected chi connectivity index (χ2v) is 5.11. The first kappa shape index (κ1) is 16.7. The van der Waals surface area contributed by atoms with Gasteiger partial charge in [0.05, 0.1) is 11.9 Å². The minimum absolute atomic E-state index is 0.123. The third kappa shape index (κ3) is 4.25. The smallest absolute Gasteiger partial charge is 0.387 e. The Bertz CT molecular complexity index is 870. The SMILES string of the molecule is Cc1ccnc(OCc2cn(-c3ccc(F)c(OC(F)F)c3)nn2)c1. The molecule has 0 radical (unpaired) electrons. The molecule has 0 fully saturated rings. The third-order valence-electron chi connectivity index (χ3n) is 3.19. The Balaban J connectivity index is 1.73. The van der Waals surface area contributed by atoms with Gasteiger partial charge in [-0.15, -0.1) is 5.10 Å². The molecule has 0 spiro atoms. The van der Waals surface area contributed by atoms with E-state index >= 15 is 0 Å². The molecule has 0 saturated heterocycles. The molecule has 2 aromatic heterocycles. The summed E-state index contributed by atoms with van der Waals surface area (Å²) < 4.78 is 49.0. The molecule has 3 rings (SSSR count). The molecule has 0 bridgehead atoms.